The number of ether oxygens (including phenoxy) is 1. The van der Waals surface area contributed by atoms with Gasteiger partial charge in [0, 0.05) is 31.3 Å². The maximum Gasteiger partial charge on any atom is 0.251 e. The van der Waals surface area contributed by atoms with Crippen molar-refractivity contribution in [1.29, 1.82) is 0 Å². The number of amides is 1. The van der Waals surface area contributed by atoms with Crippen molar-refractivity contribution in [3.8, 4) is 5.75 Å². The molecule has 0 atom stereocenters. The molecule has 0 saturated heterocycles. The molecular formula is C24H28N4O3. The summed E-state index contributed by atoms with van der Waals surface area (Å²) < 4.78 is 10.7. The molecule has 2 aromatic carbocycles. The van der Waals surface area contributed by atoms with E-state index >= 15 is 0 Å². The van der Waals surface area contributed by atoms with Gasteiger partial charge in [-0.05, 0) is 48.4 Å². The summed E-state index contributed by atoms with van der Waals surface area (Å²) in [5, 5.41) is 9.43. The van der Waals surface area contributed by atoms with Crippen molar-refractivity contribution >= 4 is 11.9 Å². The highest BCUT2D eigenvalue weighted by Gasteiger charge is 2.08. The van der Waals surface area contributed by atoms with Gasteiger partial charge in [-0.15, -0.1) is 0 Å². The van der Waals surface area contributed by atoms with Crippen LogP contribution in [-0.2, 0) is 19.6 Å². The smallest absolute Gasteiger partial charge is 0.251 e. The van der Waals surface area contributed by atoms with Gasteiger partial charge in [-0.1, -0.05) is 24.3 Å². The van der Waals surface area contributed by atoms with Gasteiger partial charge >= 0.3 is 0 Å². The van der Waals surface area contributed by atoms with Gasteiger partial charge in [0.1, 0.15) is 11.5 Å². The lowest BCUT2D eigenvalue weighted by Crippen LogP contribution is -2.36. The van der Waals surface area contributed by atoms with E-state index in [0.29, 0.717) is 36.9 Å². The molecule has 3 rings (SSSR count). The highest BCUT2D eigenvalue weighted by Crippen LogP contribution is 2.19. The van der Waals surface area contributed by atoms with Crippen LogP contribution >= 0.6 is 0 Å². The van der Waals surface area contributed by atoms with E-state index in [9.17, 15) is 4.79 Å². The van der Waals surface area contributed by atoms with Crippen LogP contribution in [0.25, 0.3) is 0 Å². The van der Waals surface area contributed by atoms with Crippen molar-refractivity contribution in [2.24, 2.45) is 4.99 Å². The SMILES string of the molecule is CN=C(NCc1cccc(C(=O)NCc2ccco2)c1)NCc1ccc(C)cc1OC. The van der Waals surface area contributed by atoms with Gasteiger partial charge < -0.3 is 25.1 Å². The maximum atomic E-state index is 12.4. The number of benzene rings is 2. The van der Waals surface area contributed by atoms with Crippen LogP contribution in [0.15, 0.2) is 70.3 Å². The third-order valence-electron chi connectivity index (χ3n) is 4.76. The third kappa shape index (κ3) is 6.37. The van der Waals surface area contributed by atoms with E-state index in [1.807, 2.05) is 43.3 Å². The zero-order valence-corrected chi connectivity index (χ0v) is 18.1. The zero-order valence-electron chi connectivity index (χ0n) is 18.1. The van der Waals surface area contributed by atoms with E-state index in [0.717, 1.165) is 22.4 Å². The molecule has 3 N–H and O–H groups in total. The van der Waals surface area contributed by atoms with Gasteiger partial charge in [0.05, 0.1) is 19.9 Å². The molecule has 0 aliphatic rings. The predicted molar refractivity (Wildman–Crippen MR) is 121 cm³/mol. The number of nitrogens with zero attached hydrogens (tertiary/aromatic N) is 1. The second-order valence-electron chi connectivity index (χ2n) is 7.06. The largest absolute Gasteiger partial charge is 0.496 e. The van der Waals surface area contributed by atoms with Crippen molar-refractivity contribution in [2.75, 3.05) is 14.2 Å². The number of carbonyl (C=O) groups is 1. The molecule has 1 amide bonds. The molecule has 1 aromatic heterocycles. The monoisotopic (exact) mass is 420 g/mol. The molecule has 0 spiro atoms. The Bertz CT molecular complexity index is 1030. The lowest BCUT2D eigenvalue weighted by atomic mass is 10.1. The van der Waals surface area contributed by atoms with Crippen molar-refractivity contribution in [1.82, 2.24) is 16.0 Å². The van der Waals surface area contributed by atoms with Crippen LogP contribution in [0.1, 0.15) is 32.8 Å². The number of aliphatic imine (C=N–C) groups is 1. The van der Waals surface area contributed by atoms with Crippen molar-refractivity contribution in [3.63, 3.8) is 0 Å². The van der Waals surface area contributed by atoms with Gasteiger partial charge in [-0.2, -0.15) is 0 Å². The van der Waals surface area contributed by atoms with Crippen LogP contribution in [0.3, 0.4) is 0 Å². The topological polar surface area (TPSA) is 87.9 Å². The minimum Gasteiger partial charge on any atom is -0.496 e. The molecule has 7 nitrogen and oxygen atoms in total. The Morgan fingerprint density at radius 3 is 2.58 bits per heavy atom. The summed E-state index contributed by atoms with van der Waals surface area (Å²) in [7, 11) is 3.39. The quantitative estimate of drug-likeness (QED) is 0.384. The third-order valence-corrected chi connectivity index (χ3v) is 4.76. The number of furan rings is 1. The molecular weight excluding hydrogens is 392 g/mol. The Morgan fingerprint density at radius 1 is 1.00 bits per heavy atom. The summed E-state index contributed by atoms with van der Waals surface area (Å²) in [4.78, 5) is 16.7. The zero-order chi connectivity index (χ0) is 22.1. The van der Waals surface area contributed by atoms with Gasteiger partial charge in [-0.25, -0.2) is 0 Å². The molecule has 0 bridgehead atoms. The number of nitrogens with one attached hydrogen (secondary N) is 3. The van der Waals surface area contributed by atoms with Gasteiger partial charge in [0.25, 0.3) is 5.91 Å². The van der Waals surface area contributed by atoms with E-state index < -0.39 is 0 Å². The normalized spacial score (nSPS) is 11.1. The Kier molecular flexibility index (Phi) is 7.70. The molecule has 0 aliphatic carbocycles. The molecule has 3 aromatic rings. The Morgan fingerprint density at radius 2 is 1.84 bits per heavy atom. The fourth-order valence-corrected chi connectivity index (χ4v) is 3.09. The van der Waals surface area contributed by atoms with Crippen molar-refractivity contribution in [3.05, 3.63) is 88.9 Å². The minimum atomic E-state index is -0.146. The van der Waals surface area contributed by atoms with Crippen LogP contribution in [-0.4, -0.2) is 26.0 Å². The fourth-order valence-electron chi connectivity index (χ4n) is 3.09. The number of guanidine groups is 1. The first kappa shape index (κ1) is 22.0. The average molecular weight is 421 g/mol. The Balaban J connectivity index is 1.53. The molecule has 0 radical (unpaired) electrons. The summed E-state index contributed by atoms with van der Waals surface area (Å²) in [5.74, 6) is 2.07. The highest BCUT2D eigenvalue weighted by atomic mass is 16.5. The van der Waals surface area contributed by atoms with E-state index in [-0.39, 0.29) is 5.91 Å². The number of hydrogen-bond donors (Lipinski definition) is 3. The highest BCUT2D eigenvalue weighted by molar-refractivity contribution is 5.94. The summed E-state index contributed by atoms with van der Waals surface area (Å²) in [6, 6.07) is 17.2. The van der Waals surface area contributed by atoms with Gasteiger partial charge in [0.15, 0.2) is 5.96 Å². The number of aryl methyl sites for hydroxylation is 1. The van der Waals surface area contributed by atoms with Crippen LogP contribution in [0, 0.1) is 6.92 Å². The summed E-state index contributed by atoms with van der Waals surface area (Å²) in [5.41, 5.74) is 3.77. The van der Waals surface area contributed by atoms with Crippen LogP contribution in [0.5, 0.6) is 5.75 Å². The lowest BCUT2D eigenvalue weighted by Gasteiger charge is -2.14. The standard InChI is InChI=1S/C24H28N4O3/c1-17-9-10-20(22(12-17)30-3)15-28-24(25-2)27-14-18-6-4-7-19(13-18)23(29)26-16-21-8-5-11-31-21/h4-13H,14-16H2,1-3H3,(H,26,29)(H2,25,27,28). The number of hydrogen-bond acceptors (Lipinski definition) is 4. The van der Waals surface area contributed by atoms with E-state index in [1.165, 1.54) is 0 Å². The molecule has 1 heterocycles. The second kappa shape index (κ2) is 10.9. The fraction of sp³-hybridized carbons (Fsp3) is 0.250. The molecule has 7 heteroatoms. The van der Waals surface area contributed by atoms with E-state index in [2.05, 4.69) is 27.0 Å². The van der Waals surface area contributed by atoms with Gasteiger partial charge in [0.2, 0.25) is 0 Å². The van der Waals surface area contributed by atoms with Gasteiger partial charge in [-0.3, -0.25) is 9.79 Å². The Labute approximate surface area is 182 Å². The molecule has 31 heavy (non-hydrogen) atoms. The first-order valence-electron chi connectivity index (χ1n) is 10.1. The first-order chi connectivity index (χ1) is 15.1. The maximum absolute atomic E-state index is 12.4. The predicted octanol–water partition coefficient (Wildman–Crippen LogP) is 3.39. The number of carbonyl (C=O) groups excluding carboxylic acids is 1. The van der Waals surface area contributed by atoms with E-state index in [1.54, 1.807) is 32.6 Å². The molecule has 0 fully saturated rings. The molecule has 162 valence electrons. The molecule has 0 aliphatic heterocycles. The first-order valence-corrected chi connectivity index (χ1v) is 10.1. The summed E-state index contributed by atoms with van der Waals surface area (Å²) in [6.07, 6.45) is 1.59. The van der Waals surface area contributed by atoms with Crippen LogP contribution in [0.4, 0.5) is 0 Å². The van der Waals surface area contributed by atoms with Crippen molar-refractivity contribution < 1.29 is 13.9 Å². The number of rotatable bonds is 8. The molecule has 0 saturated carbocycles. The average Bonchev–Trinajstić information content (AvgIpc) is 3.32. The lowest BCUT2D eigenvalue weighted by molar-refractivity contribution is 0.0948. The van der Waals surface area contributed by atoms with E-state index in [4.69, 9.17) is 9.15 Å². The van der Waals surface area contributed by atoms with Crippen molar-refractivity contribution in [2.45, 2.75) is 26.6 Å². The minimum absolute atomic E-state index is 0.146. The van der Waals surface area contributed by atoms with Crippen LogP contribution in [0.2, 0.25) is 0 Å². The second-order valence-corrected chi connectivity index (χ2v) is 7.06. The summed E-state index contributed by atoms with van der Waals surface area (Å²) in [6.45, 7) is 3.50. The number of methoxy groups -OCH3 is 1. The van der Waals surface area contributed by atoms with Crippen LogP contribution < -0.4 is 20.7 Å². The summed E-state index contributed by atoms with van der Waals surface area (Å²) >= 11 is 0. The molecule has 0 unspecified atom stereocenters. The Hall–Kier alpha value is -3.74.